The van der Waals surface area contributed by atoms with E-state index in [1.807, 2.05) is 4.90 Å². The average molecular weight is 361 g/mol. The minimum Gasteiger partial charge on any atom is -0.329 e. The fourth-order valence-corrected chi connectivity index (χ4v) is 3.23. The van der Waals surface area contributed by atoms with Crippen molar-refractivity contribution in [2.45, 2.75) is 64.7 Å². The van der Waals surface area contributed by atoms with Crippen molar-refractivity contribution in [3.05, 3.63) is 11.4 Å². The van der Waals surface area contributed by atoms with E-state index >= 15 is 0 Å². The van der Waals surface area contributed by atoms with Crippen molar-refractivity contribution in [1.29, 1.82) is 5.26 Å². The summed E-state index contributed by atoms with van der Waals surface area (Å²) in [5.74, 6) is 0.313. The van der Waals surface area contributed by atoms with E-state index < -0.39 is 12.2 Å². The van der Waals surface area contributed by atoms with E-state index in [1.165, 1.54) is 9.80 Å². The fraction of sp³-hybridized carbons (Fsp3) is 0.789. The molecule has 4 atom stereocenters. The lowest BCUT2D eigenvalue weighted by molar-refractivity contribution is -0.136. The van der Waals surface area contributed by atoms with E-state index in [0.29, 0.717) is 5.92 Å². The second-order valence-corrected chi connectivity index (χ2v) is 7.22. The molecule has 1 aliphatic carbocycles. The van der Waals surface area contributed by atoms with Crippen LogP contribution >= 0.6 is 0 Å². The summed E-state index contributed by atoms with van der Waals surface area (Å²) < 4.78 is 0. The first kappa shape index (κ1) is 21.9. The van der Waals surface area contributed by atoms with Crippen LogP contribution in [0.15, 0.2) is 0 Å². The summed E-state index contributed by atoms with van der Waals surface area (Å²) >= 11 is 0. The molecule has 1 fully saturated rings. The second kappa shape index (κ2) is 10.1. The minimum absolute atomic E-state index is 0.121. The van der Waals surface area contributed by atoms with Gasteiger partial charge in [-0.25, -0.2) is 6.57 Å². The Labute approximate surface area is 157 Å². The van der Waals surface area contributed by atoms with Crippen LogP contribution in [-0.2, 0) is 9.59 Å². The van der Waals surface area contributed by atoms with Gasteiger partial charge in [-0.15, -0.1) is 0 Å². The van der Waals surface area contributed by atoms with E-state index in [-0.39, 0.29) is 30.9 Å². The van der Waals surface area contributed by atoms with E-state index in [1.54, 1.807) is 27.9 Å². The Balaban J connectivity index is 2.86. The predicted molar refractivity (Wildman–Crippen MR) is 99.7 cm³/mol. The van der Waals surface area contributed by atoms with Crippen molar-refractivity contribution in [2.75, 3.05) is 27.2 Å². The third-order valence-corrected chi connectivity index (χ3v) is 5.59. The predicted octanol–water partition coefficient (Wildman–Crippen LogP) is 1.96. The molecule has 0 heterocycles. The van der Waals surface area contributed by atoms with Gasteiger partial charge < -0.3 is 4.90 Å². The molecule has 0 aliphatic heterocycles. The number of amides is 2. The SMILES string of the molecule is [C-]#[N+][C@H](C)N(C)C(=O)CN(CC(=O)N(C)[C@@H](C)C#N)C1CCC(CC)C1. The van der Waals surface area contributed by atoms with E-state index in [2.05, 4.69) is 17.8 Å². The summed E-state index contributed by atoms with van der Waals surface area (Å²) in [5, 5.41) is 9.03. The monoisotopic (exact) mass is 361 g/mol. The van der Waals surface area contributed by atoms with E-state index in [9.17, 15) is 9.59 Å². The quantitative estimate of drug-likeness (QED) is 0.620. The number of nitriles is 1. The minimum atomic E-state index is -0.520. The Morgan fingerprint density at radius 2 is 1.77 bits per heavy atom. The Morgan fingerprint density at radius 3 is 2.23 bits per heavy atom. The number of hydrogen-bond acceptors (Lipinski definition) is 4. The number of rotatable bonds is 8. The van der Waals surface area contributed by atoms with Crippen molar-refractivity contribution >= 4 is 11.8 Å². The number of carbonyl (C=O) groups is 2. The molecule has 1 rings (SSSR count). The highest BCUT2D eigenvalue weighted by Gasteiger charge is 2.33. The molecule has 2 amide bonds. The lowest BCUT2D eigenvalue weighted by atomic mass is 10.1. The van der Waals surface area contributed by atoms with Crippen LogP contribution in [0, 0.1) is 23.8 Å². The third-order valence-electron chi connectivity index (χ3n) is 5.59. The van der Waals surface area contributed by atoms with Crippen LogP contribution in [-0.4, -0.2) is 71.9 Å². The largest absolute Gasteiger partial charge is 0.329 e. The van der Waals surface area contributed by atoms with Crippen LogP contribution < -0.4 is 0 Å². The van der Waals surface area contributed by atoms with Crippen molar-refractivity contribution in [2.24, 2.45) is 5.92 Å². The van der Waals surface area contributed by atoms with Gasteiger partial charge in [-0.3, -0.25) is 24.2 Å². The molecule has 0 bridgehead atoms. The Morgan fingerprint density at radius 1 is 1.19 bits per heavy atom. The molecule has 2 unspecified atom stereocenters. The van der Waals surface area contributed by atoms with Gasteiger partial charge in [0.2, 0.25) is 11.8 Å². The fourth-order valence-electron chi connectivity index (χ4n) is 3.23. The molecule has 26 heavy (non-hydrogen) atoms. The summed E-state index contributed by atoms with van der Waals surface area (Å²) in [6.07, 6.45) is 3.65. The summed E-state index contributed by atoms with van der Waals surface area (Å²) in [5.41, 5.74) is 0. The molecule has 1 aliphatic rings. The molecule has 1 saturated carbocycles. The van der Waals surface area contributed by atoms with Gasteiger partial charge in [-0.05, 0) is 32.1 Å². The van der Waals surface area contributed by atoms with Crippen molar-refractivity contribution in [1.82, 2.24) is 14.7 Å². The number of carbonyl (C=O) groups excluding carboxylic acids is 2. The molecule has 7 heteroatoms. The van der Waals surface area contributed by atoms with Gasteiger partial charge in [-0.1, -0.05) is 13.3 Å². The smallest absolute Gasteiger partial charge is 0.297 e. The third kappa shape index (κ3) is 5.71. The number of likely N-dealkylation sites (N-methyl/N-ethyl adjacent to an activating group) is 2. The van der Waals surface area contributed by atoms with Crippen molar-refractivity contribution < 1.29 is 9.59 Å². The summed E-state index contributed by atoms with van der Waals surface area (Å²) in [4.78, 5) is 33.3. The maximum atomic E-state index is 12.6. The summed E-state index contributed by atoms with van der Waals surface area (Å²) in [6.45, 7) is 12.9. The van der Waals surface area contributed by atoms with E-state index in [4.69, 9.17) is 11.8 Å². The highest BCUT2D eigenvalue weighted by atomic mass is 16.2. The van der Waals surface area contributed by atoms with Gasteiger partial charge in [0.1, 0.15) is 6.04 Å². The Bertz CT molecular complexity index is 539. The number of nitrogens with zero attached hydrogens (tertiary/aromatic N) is 5. The van der Waals surface area contributed by atoms with Crippen molar-refractivity contribution in [3.8, 4) is 6.07 Å². The molecule has 0 aromatic carbocycles. The van der Waals surface area contributed by atoms with Gasteiger partial charge >= 0.3 is 0 Å². The molecule has 0 N–H and O–H groups in total. The van der Waals surface area contributed by atoms with Crippen LogP contribution in [0.25, 0.3) is 4.85 Å². The zero-order valence-corrected chi connectivity index (χ0v) is 16.6. The topological polar surface area (TPSA) is 72.0 Å². The Kier molecular flexibility index (Phi) is 8.54. The van der Waals surface area contributed by atoms with Crippen molar-refractivity contribution in [3.63, 3.8) is 0 Å². The lowest BCUT2D eigenvalue weighted by Gasteiger charge is -2.31. The van der Waals surface area contributed by atoms with Crippen LogP contribution in [0.2, 0.25) is 0 Å². The van der Waals surface area contributed by atoms with Crippen LogP contribution in [0.4, 0.5) is 0 Å². The molecule has 0 aromatic heterocycles. The zero-order valence-electron chi connectivity index (χ0n) is 16.6. The molecule has 0 saturated heterocycles. The van der Waals surface area contributed by atoms with Crippen LogP contribution in [0.5, 0.6) is 0 Å². The molecule has 0 aromatic rings. The van der Waals surface area contributed by atoms with Crippen LogP contribution in [0.3, 0.4) is 0 Å². The van der Waals surface area contributed by atoms with Gasteiger partial charge in [0, 0.05) is 27.1 Å². The van der Waals surface area contributed by atoms with Gasteiger partial charge in [0.25, 0.3) is 6.17 Å². The summed E-state index contributed by atoms with van der Waals surface area (Å²) in [6, 6.07) is 1.75. The van der Waals surface area contributed by atoms with E-state index in [0.717, 1.165) is 25.7 Å². The van der Waals surface area contributed by atoms with Gasteiger partial charge in [0.15, 0.2) is 0 Å². The molecule has 144 valence electrons. The second-order valence-electron chi connectivity index (χ2n) is 7.22. The normalized spacial score (nSPS) is 21.5. The number of hydrogen-bond donors (Lipinski definition) is 0. The maximum absolute atomic E-state index is 12.6. The first-order chi connectivity index (χ1) is 12.2. The molecule has 0 spiro atoms. The molecule has 0 radical (unpaired) electrons. The first-order valence-electron chi connectivity index (χ1n) is 9.26. The molecule has 7 nitrogen and oxygen atoms in total. The average Bonchev–Trinajstić information content (AvgIpc) is 3.13. The lowest BCUT2D eigenvalue weighted by Crippen LogP contribution is -2.49. The molecular formula is C19H31N5O2. The first-order valence-corrected chi connectivity index (χ1v) is 9.26. The summed E-state index contributed by atoms with van der Waals surface area (Å²) in [7, 11) is 3.24. The molecular weight excluding hydrogens is 330 g/mol. The highest BCUT2D eigenvalue weighted by molar-refractivity contribution is 5.81. The Hall–Kier alpha value is -2.12. The van der Waals surface area contributed by atoms with Crippen LogP contribution in [0.1, 0.15) is 46.5 Å². The van der Waals surface area contributed by atoms with Gasteiger partial charge in [0.05, 0.1) is 19.2 Å². The standard InChI is InChI=1S/C19H31N5O2/c1-7-16-8-9-17(10-16)24(12-18(25)22(5)14(2)11-20)13-19(26)23(6)15(3)21-4/h14-17H,7-10,12-13H2,1-3,5-6H3/t14-,15-,16?,17?/m0/s1. The van der Waals surface area contributed by atoms with Gasteiger partial charge in [-0.2, -0.15) is 5.26 Å². The zero-order chi connectivity index (χ0) is 19.9. The maximum Gasteiger partial charge on any atom is 0.297 e. The highest BCUT2D eigenvalue weighted by Crippen LogP contribution is 2.31.